The molecule has 7 rings (SSSR count). The molecule has 0 amide bonds. The first-order valence-electron chi connectivity index (χ1n) is 17.7. The van der Waals surface area contributed by atoms with Gasteiger partial charge < -0.3 is 28.4 Å². The SMILES string of the molecule is C=CCc1ccc(OCCCCCc2c3[n+](cc4c(OC)c(OC)ccc24)CCc2cc4c(cc2-3)OCO4)c(-c2ccc(OC)c(CC=C)c2)c1. The maximum absolute atomic E-state index is 6.50. The number of aryl methyl sites for hydroxylation is 3. The number of unbranched alkanes of at least 4 members (excludes halogenated alkanes) is 2. The van der Waals surface area contributed by atoms with E-state index in [1.165, 1.54) is 33.3 Å². The second-order valence-corrected chi connectivity index (χ2v) is 13.0. The molecule has 0 unspecified atom stereocenters. The van der Waals surface area contributed by atoms with Crippen molar-refractivity contribution in [2.24, 2.45) is 0 Å². The zero-order valence-electron chi connectivity index (χ0n) is 29.9. The number of allylic oxidation sites excluding steroid dienone is 2. The van der Waals surface area contributed by atoms with E-state index in [-0.39, 0.29) is 6.79 Å². The molecule has 262 valence electrons. The van der Waals surface area contributed by atoms with Crippen molar-refractivity contribution in [2.75, 3.05) is 34.7 Å². The largest absolute Gasteiger partial charge is 0.496 e. The van der Waals surface area contributed by atoms with Crippen LogP contribution in [0.15, 0.2) is 92.2 Å². The summed E-state index contributed by atoms with van der Waals surface area (Å²) in [5.41, 5.74) is 9.52. The molecule has 0 saturated heterocycles. The summed E-state index contributed by atoms with van der Waals surface area (Å²) < 4.78 is 37.6. The van der Waals surface area contributed by atoms with Gasteiger partial charge in [0.25, 0.3) is 0 Å². The van der Waals surface area contributed by atoms with Gasteiger partial charge in [-0.05, 0) is 109 Å². The van der Waals surface area contributed by atoms with E-state index in [1.54, 1.807) is 21.3 Å². The standard InChI is InChI=1S/C44H46NO6/c1-6-11-29-14-17-39(35(23-29)30-15-18-38(46-3)32(24-30)12-7-2)49-22-10-8-9-13-34-33-16-19-40(47-4)44(48-5)37(33)27-45-21-20-31-25-41-42(51-28-50-41)26-36(31)43(34)45/h6-7,14-19,23-27H,1-2,8-13,20-22,28H2,3-5H3/q+1. The number of nitrogens with zero attached hydrogens (tertiary/aromatic N) is 1. The van der Waals surface area contributed by atoms with Crippen LogP contribution in [0.4, 0.5) is 0 Å². The van der Waals surface area contributed by atoms with Crippen LogP contribution in [0.5, 0.6) is 34.5 Å². The number of fused-ring (bicyclic) bond motifs is 5. The molecule has 0 bridgehead atoms. The maximum atomic E-state index is 6.50. The van der Waals surface area contributed by atoms with Gasteiger partial charge in [-0.1, -0.05) is 24.3 Å². The molecule has 0 fully saturated rings. The van der Waals surface area contributed by atoms with Gasteiger partial charge in [0.05, 0.1) is 38.9 Å². The minimum Gasteiger partial charge on any atom is -0.496 e. The fourth-order valence-corrected chi connectivity index (χ4v) is 7.51. The van der Waals surface area contributed by atoms with E-state index in [1.807, 2.05) is 24.3 Å². The van der Waals surface area contributed by atoms with Crippen molar-refractivity contribution in [1.82, 2.24) is 0 Å². The molecule has 3 heterocycles. The van der Waals surface area contributed by atoms with Gasteiger partial charge in [0, 0.05) is 22.9 Å². The summed E-state index contributed by atoms with van der Waals surface area (Å²) >= 11 is 0. The molecule has 0 aliphatic carbocycles. The van der Waals surface area contributed by atoms with Crippen LogP contribution in [0.3, 0.4) is 0 Å². The zero-order valence-corrected chi connectivity index (χ0v) is 29.9. The molecule has 7 heteroatoms. The predicted octanol–water partition coefficient (Wildman–Crippen LogP) is 9.02. The lowest BCUT2D eigenvalue weighted by Gasteiger charge is -2.21. The number of hydrogen-bond acceptors (Lipinski definition) is 6. The van der Waals surface area contributed by atoms with E-state index in [0.717, 1.165) is 108 Å². The van der Waals surface area contributed by atoms with E-state index < -0.39 is 0 Å². The maximum Gasteiger partial charge on any atom is 0.231 e. The smallest absolute Gasteiger partial charge is 0.231 e. The van der Waals surface area contributed by atoms with Crippen molar-refractivity contribution in [2.45, 2.75) is 51.5 Å². The number of aromatic nitrogens is 1. The second-order valence-electron chi connectivity index (χ2n) is 13.0. The number of methoxy groups -OCH3 is 3. The Morgan fingerprint density at radius 1 is 0.745 bits per heavy atom. The van der Waals surface area contributed by atoms with Crippen LogP contribution in [0, 0.1) is 0 Å². The molecule has 2 aliphatic heterocycles. The molecule has 51 heavy (non-hydrogen) atoms. The molecule has 0 saturated carbocycles. The Hall–Kier alpha value is -5.43. The van der Waals surface area contributed by atoms with Gasteiger partial charge in [-0.3, -0.25) is 0 Å². The van der Waals surface area contributed by atoms with Gasteiger partial charge in [-0.2, -0.15) is 4.57 Å². The lowest BCUT2D eigenvalue weighted by atomic mass is 9.89. The van der Waals surface area contributed by atoms with Crippen LogP contribution in [0.25, 0.3) is 33.2 Å². The van der Waals surface area contributed by atoms with Gasteiger partial charge in [0.1, 0.15) is 11.5 Å². The average molecular weight is 685 g/mol. The highest BCUT2D eigenvalue weighted by Crippen LogP contribution is 2.44. The third-order valence-corrected chi connectivity index (χ3v) is 9.95. The summed E-state index contributed by atoms with van der Waals surface area (Å²) in [6, 6.07) is 21.3. The minimum atomic E-state index is 0.263. The molecule has 4 aromatic carbocycles. The Bertz CT molecular complexity index is 2100. The quantitative estimate of drug-likeness (QED) is 0.0623. The summed E-state index contributed by atoms with van der Waals surface area (Å²) in [7, 11) is 5.11. The summed E-state index contributed by atoms with van der Waals surface area (Å²) in [6.07, 6.45) is 12.4. The fraction of sp³-hybridized carbons (Fsp3) is 0.295. The highest BCUT2D eigenvalue weighted by atomic mass is 16.7. The van der Waals surface area contributed by atoms with Gasteiger partial charge in [0.2, 0.25) is 12.5 Å². The van der Waals surface area contributed by atoms with Crippen molar-refractivity contribution < 1.29 is 33.0 Å². The summed E-state index contributed by atoms with van der Waals surface area (Å²) in [6.45, 7) is 9.64. The number of benzene rings is 4. The predicted molar refractivity (Wildman–Crippen MR) is 202 cm³/mol. The normalized spacial score (nSPS) is 12.6. The summed E-state index contributed by atoms with van der Waals surface area (Å²) in [5.74, 6) is 4.88. The van der Waals surface area contributed by atoms with Crippen LogP contribution in [-0.2, 0) is 32.2 Å². The summed E-state index contributed by atoms with van der Waals surface area (Å²) in [5, 5.41) is 2.24. The highest BCUT2D eigenvalue weighted by molar-refractivity contribution is 5.95. The third kappa shape index (κ3) is 6.73. The first kappa shape index (κ1) is 34.0. The number of pyridine rings is 1. The Morgan fingerprint density at radius 3 is 2.31 bits per heavy atom. The first-order chi connectivity index (χ1) is 25.1. The van der Waals surface area contributed by atoms with E-state index in [0.29, 0.717) is 6.61 Å². The van der Waals surface area contributed by atoms with Gasteiger partial charge >= 0.3 is 0 Å². The Morgan fingerprint density at radius 2 is 1.53 bits per heavy atom. The molecule has 0 spiro atoms. The monoisotopic (exact) mass is 684 g/mol. The molecule has 0 N–H and O–H groups in total. The molecule has 7 nitrogen and oxygen atoms in total. The van der Waals surface area contributed by atoms with Gasteiger partial charge in [0.15, 0.2) is 35.7 Å². The fourth-order valence-electron chi connectivity index (χ4n) is 7.51. The molecule has 2 aliphatic rings. The van der Waals surface area contributed by atoms with Crippen molar-refractivity contribution >= 4 is 10.8 Å². The third-order valence-electron chi connectivity index (χ3n) is 9.95. The molecule has 0 atom stereocenters. The minimum absolute atomic E-state index is 0.263. The van der Waals surface area contributed by atoms with Crippen LogP contribution in [-0.4, -0.2) is 34.7 Å². The lowest BCUT2D eigenvalue weighted by molar-refractivity contribution is -0.686. The highest BCUT2D eigenvalue weighted by Gasteiger charge is 2.32. The Labute approximate surface area is 300 Å². The molecule has 0 radical (unpaired) electrons. The lowest BCUT2D eigenvalue weighted by Crippen LogP contribution is -2.41. The molecular weight excluding hydrogens is 638 g/mol. The van der Waals surface area contributed by atoms with Crippen LogP contribution in [0.2, 0.25) is 0 Å². The van der Waals surface area contributed by atoms with Crippen molar-refractivity contribution in [3.05, 3.63) is 114 Å². The van der Waals surface area contributed by atoms with E-state index in [4.69, 9.17) is 28.4 Å². The Balaban J connectivity index is 1.12. The van der Waals surface area contributed by atoms with Gasteiger partial charge in [-0.15, -0.1) is 13.2 Å². The Kier molecular flexibility index (Phi) is 10.2. The van der Waals surface area contributed by atoms with Crippen molar-refractivity contribution in [3.8, 4) is 56.9 Å². The van der Waals surface area contributed by atoms with E-state index in [9.17, 15) is 0 Å². The second kappa shape index (κ2) is 15.2. The van der Waals surface area contributed by atoms with Crippen LogP contribution in [0.1, 0.15) is 41.5 Å². The van der Waals surface area contributed by atoms with Crippen LogP contribution >= 0.6 is 0 Å². The zero-order chi connectivity index (χ0) is 35.3. The van der Waals surface area contributed by atoms with Crippen molar-refractivity contribution in [1.29, 1.82) is 0 Å². The molecule has 1 aromatic heterocycles. The number of rotatable bonds is 15. The van der Waals surface area contributed by atoms with Gasteiger partial charge in [-0.25, -0.2) is 0 Å². The number of hydrogen-bond donors (Lipinski definition) is 0. The first-order valence-corrected chi connectivity index (χ1v) is 17.7. The molecule has 5 aromatic rings. The van der Waals surface area contributed by atoms with Crippen LogP contribution < -0.4 is 33.0 Å². The van der Waals surface area contributed by atoms with E-state index >= 15 is 0 Å². The summed E-state index contributed by atoms with van der Waals surface area (Å²) in [4.78, 5) is 0. The number of ether oxygens (including phenoxy) is 6. The topological polar surface area (TPSA) is 59.3 Å². The van der Waals surface area contributed by atoms with E-state index in [2.05, 4.69) is 72.5 Å². The van der Waals surface area contributed by atoms with Crippen molar-refractivity contribution in [3.63, 3.8) is 0 Å². The average Bonchev–Trinajstić information content (AvgIpc) is 3.62. The molecular formula is C44H46NO6+.